The summed E-state index contributed by atoms with van der Waals surface area (Å²) >= 11 is 5.66. The molecule has 82 valence electrons. The van der Waals surface area contributed by atoms with Crippen LogP contribution in [-0.2, 0) is 9.84 Å². The topological polar surface area (TPSA) is 51.2 Å². The van der Waals surface area contributed by atoms with Crippen molar-refractivity contribution in [3.05, 3.63) is 34.9 Å². The molecule has 5 heteroatoms. The molecule has 0 N–H and O–H groups in total. The normalized spacial score (nSPS) is 13.5. The summed E-state index contributed by atoms with van der Waals surface area (Å²) in [4.78, 5) is 11.7. The average Bonchev–Trinajstić information content (AvgIpc) is 2.15. The quantitative estimate of drug-likeness (QED) is 0.766. The molecule has 0 saturated heterocycles. The van der Waals surface area contributed by atoms with E-state index in [9.17, 15) is 13.2 Å². The van der Waals surface area contributed by atoms with E-state index in [4.69, 9.17) is 11.6 Å². The minimum absolute atomic E-state index is 0.359. The number of hydrogen-bond acceptors (Lipinski definition) is 3. The number of benzene rings is 1. The van der Waals surface area contributed by atoms with Gasteiger partial charge in [-0.25, -0.2) is 8.42 Å². The Balaban J connectivity index is 3.01. The van der Waals surface area contributed by atoms with Crippen LogP contribution in [0, 0.1) is 0 Å². The zero-order valence-corrected chi connectivity index (χ0v) is 9.97. The van der Waals surface area contributed by atoms with Crippen LogP contribution in [0.4, 0.5) is 0 Å². The van der Waals surface area contributed by atoms with Crippen LogP contribution in [-0.4, -0.2) is 25.7 Å². The predicted molar refractivity (Wildman–Crippen MR) is 60.1 cm³/mol. The minimum Gasteiger partial charge on any atom is -0.293 e. The molecule has 0 radical (unpaired) electrons. The van der Waals surface area contributed by atoms with Gasteiger partial charge in [-0.05, 0) is 31.2 Å². The van der Waals surface area contributed by atoms with E-state index in [1.54, 1.807) is 12.1 Å². The van der Waals surface area contributed by atoms with Crippen LogP contribution in [0.15, 0.2) is 24.3 Å². The van der Waals surface area contributed by atoms with Gasteiger partial charge in [-0.1, -0.05) is 11.6 Å². The predicted octanol–water partition coefficient (Wildman–Crippen LogP) is 1.96. The molecule has 1 rings (SSSR count). The molecule has 0 aromatic heterocycles. The third-order valence-corrected chi connectivity index (χ3v) is 3.89. The number of ketones is 1. The SMILES string of the molecule is C[C@@H](C(=O)c1ccc(Cl)cc1)S(C)(=O)=O. The van der Waals surface area contributed by atoms with Crippen molar-refractivity contribution in [1.29, 1.82) is 0 Å². The molecule has 3 nitrogen and oxygen atoms in total. The fourth-order valence-electron chi connectivity index (χ4n) is 1.04. The highest BCUT2D eigenvalue weighted by Gasteiger charge is 2.24. The third-order valence-electron chi connectivity index (χ3n) is 2.14. The lowest BCUT2D eigenvalue weighted by molar-refractivity contribution is 0.0991. The smallest absolute Gasteiger partial charge is 0.180 e. The Bertz CT molecular complexity index is 462. The van der Waals surface area contributed by atoms with Gasteiger partial charge in [0, 0.05) is 16.8 Å². The van der Waals surface area contributed by atoms with Crippen molar-refractivity contribution < 1.29 is 13.2 Å². The zero-order chi connectivity index (χ0) is 11.6. The zero-order valence-electron chi connectivity index (χ0n) is 8.40. The average molecular weight is 247 g/mol. The maximum Gasteiger partial charge on any atom is 0.180 e. The number of carbonyl (C=O) groups is 1. The summed E-state index contributed by atoms with van der Waals surface area (Å²) in [7, 11) is -3.34. The van der Waals surface area contributed by atoms with Crippen LogP contribution in [0.25, 0.3) is 0 Å². The van der Waals surface area contributed by atoms with Crippen molar-refractivity contribution in [2.75, 3.05) is 6.26 Å². The summed E-state index contributed by atoms with van der Waals surface area (Å²) in [6.45, 7) is 1.38. The van der Waals surface area contributed by atoms with Crippen LogP contribution >= 0.6 is 11.6 Å². The molecule has 1 atom stereocenters. The van der Waals surface area contributed by atoms with Gasteiger partial charge in [-0.2, -0.15) is 0 Å². The van der Waals surface area contributed by atoms with Gasteiger partial charge in [-0.3, -0.25) is 4.79 Å². The van der Waals surface area contributed by atoms with Crippen molar-refractivity contribution in [2.45, 2.75) is 12.2 Å². The lowest BCUT2D eigenvalue weighted by Gasteiger charge is -2.07. The molecule has 0 aliphatic heterocycles. The number of Topliss-reactive ketones (excluding diaryl/α,β-unsaturated/α-hetero) is 1. The van der Waals surface area contributed by atoms with Gasteiger partial charge in [0.2, 0.25) is 0 Å². The molecule has 0 amide bonds. The number of carbonyl (C=O) groups excluding carboxylic acids is 1. The second-order valence-corrected chi connectivity index (χ2v) is 6.15. The Morgan fingerprint density at radius 1 is 1.27 bits per heavy atom. The highest BCUT2D eigenvalue weighted by atomic mass is 35.5. The fraction of sp³-hybridized carbons (Fsp3) is 0.300. The first-order chi connectivity index (χ1) is 6.82. The Hall–Kier alpha value is -0.870. The van der Waals surface area contributed by atoms with Gasteiger partial charge in [0.1, 0.15) is 5.25 Å². The molecule has 0 aliphatic carbocycles. The van der Waals surface area contributed by atoms with Gasteiger partial charge in [0.15, 0.2) is 15.6 Å². The van der Waals surface area contributed by atoms with E-state index in [1.165, 1.54) is 19.1 Å². The lowest BCUT2D eigenvalue weighted by atomic mass is 10.1. The van der Waals surface area contributed by atoms with Gasteiger partial charge in [-0.15, -0.1) is 0 Å². The molecule has 1 aromatic carbocycles. The summed E-state index contributed by atoms with van der Waals surface area (Å²) in [6.07, 6.45) is 1.05. The van der Waals surface area contributed by atoms with Crippen molar-refractivity contribution in [3.8, 4) is 0 Å². The minimum atomic E-state index is -3.34. The molecule has 1 aromatic rings. The van der Waals surface area contributed by atoms with Crippen molar-refractivity contribution in [2.24, 2.45) is 0 Å². The van der Waals surface area contributed by atoms with E-state index in [1.807, 2.05) is 0 Å². The summed E-state index contributed by atoms with van der Waals surface area (Å²) in [6, 6.07) is 6.16. The van der Waals surface area contributed by atoms with Crippen molar-refractivity contribution in [1.82, 2.24) is 0 Å². The van der Waals surface area contributed by atoms with Gasteiger partial charge in [0.25, 0.3) is 0 Å². The fourth-order valence-corrected chi connectivity index (χ4v) is 1.69. The van der Waals surface area contributed by atoms with E-state index in [2.05, 4.69) is 0 Å². The van der Waals surface area contributed by atoms with Crippen molar-refractivity contribution in [3.63, 3.8) is 0 Å². The maximum atomic E-state index is 11.7. The Labute approximate surface area is 94.0 Å². The number of rotatable bonds is 3. The Morgan fingerprint density at radius 3 is 2.13 bits per heavy atom. The molecular formula is C10H11ClO3S. The summed E-state index contributed by atoms with van der Waals surface area (Å²) in [5.41, 5.74) is 0.359. The van der Waals surface area contributed by atoms with E-state index in [0.717, 1.165) is 6.26 Å². The lowest BCUT2D eigenvalue weighted by Crippen LogP contribution is -2.26. The van der Waals surface area contributed by atoms with E-state index in [0.29, 0.717) is 10.6 Å². The maximum absolute atomic E-state index is 11.7. The highest BCUT2D eigenvalue weighted by molar-refractivity contribution is 7.92. The molecular weight excluding hydrogens is 236 g/mol. The first-order valence-electron chi connectivity index (χ1n) is 4.31. The standard InChI is InChI=1S/C10H11ClO3S/c1-7(15(2,13)14)10(12)8-3-5-9(11)6-4-8/h3-7H,1-2H3/t7-/m0/s1. The molecule has 15 heavy (non-hydrogen) atoms. The van der Waals surface area contributed by atoms with Crippen LogP contribution in [0.2, 0.25) is 5.02 Å². The highest BCUT2D eigenvalue weighted by Crippen LogP contribution is 2.13. The second kappa shape index (κ2) is 4.33. The largest absolute Gasteiger partial charge is 0.293 e. The summed E-state index contributed by atoms with van der Waals surface area (Å²) in [5, 5.41) is -0.503. The molecule has 0 unspecified atom stereocenters. The molecule has 0 heterocycles. The molecule has 0 fully saturated rings. The van der Waals surface area contributed by atoms with Crippen LogP contribution in [0.1, 0.15) is 17.3 Å². The first kappa shape index (κ1) is 12.2. The number of sulfone groups is 1. The summed E-state index contributed by atoms with van der Waals surface area (Å²) < 4.78 is 22.3. The molecule has 0 bridgehead atoms. The third kappa shape index (κ3) is 3.04. The first-order valence-corrected chi connectivity index (χ1v) is 6.64. The molecule has 0 spiro atoms. The van der Waals surface area contributed by atoms with Crippen LogP contribution in [0.5, 0.6) is 0 Å². The Morgan fingerprint density at radius 2 is 1.73 bits per heavy atom. The van der Waals surface area contributed by atoms with Gasteiger partial charge in [0.05, 0.1) is 0 Å². The van der Waals surface area contributed by atoms with E-state index < -0.39 is 20.9 Å². The van der Waals surface area contributed by atoms with Crippen molar-refractivity contribution >= 4 is 27.2 Å². The second-order valence-electron chi connectivity index (χ2n) is 3.34. The van der Waals surface area contributed by atoms with Gasteiger partial charge >= 0.3 is 0 Å². The molecule has 0 aliphatic rings. The van der Waals surface area contributed by atoms with E-state index in [-0.39, 0.29) is 0 Å². The summed E-state index contributed by atoms with van der Waals surface area (Å²) in [5.74, 6) is -0.408. The van der Waals surface area contributed by atoms with Crippen LogP contribution in [0.3, 0.4) is 0 Å². The van der Waals surface area contributed by atoms with Gasteiger partial charge < -0.3 is 0 Å². The molecule has 0 saturated carbocycles. The van der Waals surface area contributed by atoms with E-state index >= 15 is 0 Å². The number of halogens is 1. The monoisotopic (exact) mass is 246 g/mol. The Kier molecular flexibility index (Phi) is 3.52. The number of hydrogen-bond donors (Lipinski definition) is 0. The van der Waals surface area contributed by atoms with Crippen LogP contribution < -0.4 is 0 Å².